The van der Waals surface area contributed by atoms with Crippen LogP contribution in [0.25, 0.3) is 11.0 Å². The lowest BCUT2D eigenvalue weighted by atomic mass is 10.1. The summed E-state index contributed by atoms with van der Waals surface area (Å²) in [5.41, 5.74) is 1.24. The molecule has 1 aliphatic heterocycles. The van der Waals surface area contributed by atoms with E-state index in [1.807, 2.05) is 0 Å². The van der Waals surface area contributed by atoms with Gasteiger partial charge in [-0.2, -0.15) is 0 Å². The zero-order chi connectivity index (χ0) is 18.3. The number of aromatic nitrogens is 2. The lowest BCUT2D eigenvalue weighted by Crippen LogP contribution is -2.43. The van der Waals surface area contributed by atoms with E-state index < -0.39 is 6.04 Å². The van der Waals surface area contributed by atoms with Crippen molar-refractivity contribution in [3.05, 3.63) is 34.2 Å². The summed E-state index contributed by atoms with van der Waals surface area (Å²) in [6.45, 7) is 1.76. The molecule has 0 aliphatic carbocycles. The highest BCUT2D eigenvalue weighted by Gasteiger charge is 2.36. The Morgan fingerprint density at radius 2 is 1.96 bits per heavy atom. The Kier molecular flexibility index (Phi) is 4.47. The van der Waals surface area contributed by atoms with E-state index in [1.165, 1.54) is 20.9 Å². The first-order valence-electron chi connectivity index (χ1n) is 7.88. The van der Waals surface area contributed by atoms with Crippen LogP contribution in [0.15, 0.2) is 23.0 Å². The third kappa shape index (κ3) is 2.66. The Morgan fingerprint density at radius 3 is 2.60 bits per heavy atom. The first kappa shape index (κ1) is 17.4. The van der Waals surface area contributed by atoms with Crippen LogP contribution in [-0.2, 0) is 16.6 Å². The van der Waals surface area contributed by atoms with E-state index in [0.717, 1.165) is 0 Å². The molecule has 2 aromatic rings. The molecular weight excluding hydrogens is 343 g/mol. The van der Waals surface area contributed by atoms with Crippen LogP contribution in [0.1, 0.15) is 29.2 Å². The first-order valence-corrected chi connectivity index (χ1v) is 9.32. The number of carbonyl (C=O) groups is 3. The van der Waals surface area contributed by atoms with Crippen LogP contribution in [0.4, 0.5) is 0 Å². The van der Waals surface area contributed by atoms with Crippen molar-refractivity contribution in [1.82, 2.24) is 19.1 Å². The van der Waals surface area contributed by atoms with Crippen LogP contribution in [0.2, 0.25) is 0 Å². The zero-order valence-electron chi connectivity index (χ0n) is 14.2. The average molecular weight is 362 g/mol. The molecule has 3 amide bonds. The number of carbonyl (C=O) groups excluding carboxylic acids is 3. The fraction of sp³-hybridized carbons (Fsp3) is 0.375. The number of amides is 3. The van der Waals surface area contributed by atoms with Gasteiger partial charge in [-0.3, -0.25) is 28.2 Å². The number of nitrogens with zero attached hydrogens (tertiary/aromatic N) is 3. The molecule has 0 bridgehead atoms. The standard InChI is InChI=1S/C16H19N4O4P/c1-17-14(22)9-4-5-10-12(8-9)18(2)16(24)19(10)11-6-7-13(21)20(25-3)15(11)23/h4-5,8,11,25H,6-7H2,1-3H3,(H,17,22). The number of imide groups is 1. The number of piperidine rings is 1. The second kappa shape index (κ2) is 6.44. The van der Waals surface area contributed by atoms with Gasteiger partial charge in [-0.1, -0.05) is 0 Å². The molecule has 1 aromatic heterocycles. The Labute approximate surface area is 145 Å². The van der Waals surface area contributed by atoms with E-state index in [-0.39, 0.29) is 38.6 Å². The van der Waals surface area contributed by atoms with E-state index in [4.69, 9.17) is 0 Å². The molecule has 8 nitrogen and oxygen atoms in total. The largest absolute Gasteiger partial charge is 0.355 e. The highest BCUT2D eigenvalue weighted by molar-refractivity contribution is 7.36. The number of aryl methyl sites for hydroxylation is 1. The zero-order valence-corrected chi connectivity index (χ0v) is 15.2. The molecule has 2 atom stereocenters. The molecule has 9 heteroatoms. The molecule has 1 fully saturated rings. The Morgan fingerprint density at radius 1 is 1.24 bits per heavy atom. The van der Waals surface area contributed by atoms with Gasteiger partial charge in [-0.25, -0.2) is 4.79 Å². The number of fused-ring (bicyclic) bond motifs is 1. The molecule has 0 saturated carbocycles. The summed E-state index contributed by atoms with van der Waals surface area (Å²) in [6.07, 6.45) is 0.533. The van der Waals surface area contributed by atoms with E-state index in [2.05, 4.69) is 5.32 Å². The quantitative estimate of drug-likeness (QED) is 0.640. The van der Waals surface area contributed by atoms with Crippen molar-refractivity contribution in [2.45, 2.75) is 18.9 Å². The van der Waals surface area contributed by atoms with Crippen molar-refractivity contribution < 1.29 is 14.4 Å². The Balaban J connectivity index is 2.15. The molecule has 3 rings (SSSR count). The maximum absolute atomic E-state index is 12.7. The number of nitrogens with one attached hydrogen (secondary N) is 1. The second-order valence-electron chi connectivity index (χ2n) is 5.84. The van der Waals surface area contributed by atoms with Crippen LogP contribution in [-0.4, -0.2) is 45.2 Å². The number of hydrogen-bond donors (Lipinski definition) is 1. The summed E-state index contributed by atoms with van der Waals surface area (Å²) in [4.78, 5) is 49.1. The van der Waals surface area contributed by atoms with E-state index in [0.29, 0.717) is 23.0 Å². The number of rotatable bonds is 3. The summed E-state index contributed by atoms with van der Waals surface area (Å²) < 4.78 is 4.08. The van der Waals surface area contributed by atoms with E-state index in [1.54, 1.807) is 31.9 Å². The van der Waals surface area contributed by atoms with Crippen LogP contribution in [0.5, 0.6) is 0 Å². The van der Waals surface area contributed by atoms with Crippen LogP contribution < -0.4 is 11.0 Å². The van der Waals surface area contributed by atoms with Gasteiger partial charge in [0.1, 0.15) is 6.04 Å². The molecule has 132 valence electrons. The van der Waals surface area contributed by atoms with Gasteiger partial charge in [0.15, 0.2) is 0 Å². The van der Waals surface area contributed by atoms with E-state index in [9.17, 15) is 19.2 Å². The number of imidazole rings is 1. The normalized spacial score (nSPS) is 18.5. The lowest BCUT2D eigenvalue weighted by molar-refractivity contribution is -0.144. The third-order valence-electron chi connectivity index (χ3n) is 4.50. The van der Waals surface area contributed by atoms with Gasteiger partial charge in [-0.05, 0) is 40.0 Å². The predicted molar refractivity (Wildman–Crippen MR) is 94.9 cm³/mol. The van der Waals surface area contributed by atoms with Gasteiger partial charge in [-0.15, -0.1) is 0 Å². The molecule has 0 spiro atoms. The van der Waals surface area contributed by atoms with Crippen molar-refractivity contribution in [3.8, 4) is 0 Å². The van der Waals surface area contributed by atoms with Crippen molar-refractivity contribution >= 4 is 37.5 Å². The fourth-order valence-corrected chi connectivity index (χ4v) is 3.92. The minimum absolute atomic E-state index is 0.0326. The number of benzene rings is 1. The van der Waals surface area contributed by atoms with Gasteiger partial charge < -0.3 is 5.32 Å². The van der Waals surface area contributed by atoms with Gasteiger partial charge in [0.05, 0.1) is 11.0 Å². The van der Waals surface area contributed by atoms with Gasteiger partial charge in [0.2, 0.25) is 5.91 Å². The van der Waals surface area contributed by atoms with Crippen molar-refractivity contribution in [1.29, 1.82) is 0 Å². The molecule has 1 aromatic carbocycles. The summed E-state index contributed by atoms with van der Waals surface area (Å²) in [7, 11) is 3.17. The summed E-state index contributed by atoms with van der Waals surface area (Å²) >= 11 is 0. The van der Waals surface area contributed by atoms with Crippen molar-refractivity contribution in [2.75, 3.05) is 13.7 Å². The minimum Gasteiger partial charge on any atom is -0.355 e. The predicted octanol–water partition coefficient (Wildman–Crippen LogP) is 0.613. The van der Waals surface area contributed by atoms with Crippen LogP contribution in [0, 0.1) is 0 Å². The lowest BCUT2D eigenvalue weighted by Gasteiger charge is -2.30. The molecule has 1 aliphatic rings. The topological polar surface area (TPSA) is 93.4 Å². The molecule has 25 heavy (non-hydrogen) atoms. The molecule has 2 heterocycles. The van der Waals surface area contributed by atoms with E-state index >= 15 is 0 Å². The fourth-order valence-electron chi connectivity index (χ4n) is 3.19. The molecular formula is C16H19N4O4P. The third-order valence-corrected chi connectivity index (χ3v) is 5.42. The molecule has 1 saturated heterocycles. The Bertz CT molecular complexity index is 945. The summed E-state index contributed by atoms with van der Waals surface area (Å²) in [5.74, 6) is -0.792. The van der Waals surface area contributed by atoms with Gasteiger partial charge >= 0.3 is 5.69 Å². The highest BCUT2D eigenvalue weighted by Crippen LogP contribution is 2.31. The van der Waals surface area contributed by atoms with Gasteiger partial charge in [0.25, 0.3) is 11.8 Å². The first-order chi connectivity index (χ1) is 11.9. The smallest absolute Gasteiger partial charge is 0.329 e. The highest BCUT2D eigenvalue weighted by atomic mass is 31.1. The Hall–Kier alpha value is -2.47. The summed E-state index contributed by atoms with van der Waals surface area (Å²) in [6, 6.07) is 4.22. The van der Waals surface area contributed by atoms with Crippen LogP contribution in [0.3, 0.4) is 0 Å². The second-order valence-corrected chi connectivity index (χ2v) is 6.73. The minimum atomic E-state index is -0.702. The maximum Gasteiger partial charge on any atom is 0.329 e. The van der Waals surface area contributed by atoms with Crippen LogP contribution >= 0.6 is 8.73 Å². The molecule has 0 radical (unpaired) electrons. The van der Waals surface area contributed by atoms with Crippen molar-refractivity contribution in [2.24, 2.45) is 7.05 Å². The van der Waals surface area contributed by atoms with Gasteiger partial charge in [0, 0.05) is 26.1 Å². The monoisotopic (exact) mass is 362 g/mol. The maximum atomic E-state index is 12.7. The summed E-state index contributed by atoms with van der Waals surface area (Å²) in [5, 5.41) is 2.55. The average Bonchev–Trinajstić information content (AvgIpc) is 2.86. The number of hydrogen-bond acceptors (Lipinski definition) is 4. The van der Waals surface area contributed by atoms with Crippen molar-refractivity contribution in [3.63, 3.8) is 0 Å². The molecule has 2 unspecified atom stereocenters. The molecule has 1 N–H and O–H groups in total. The SMILES string of the molecule is CNC(=O)c1ccc2c(c1)n(C)c(=O)n2C1CCC(=O)N(PC)C1=O.